The standard InChI is InChI=1S/C18H21ClN4O2/c1-13(25-16-4-2-3-14(19)11-16)18(24)22-17-6-5-15(12-21-17)23-9-7-20-8-10-23/h2-6,11-13,20H,7-10H2,1H3,(H,21,22,24). The topological polar surface area (TPSA) is 66.5 Å². The lowest BCUT2D eigenvalue weighted by molar-refractivity contribution is -0.122. The van der Waals surface area contributed by atoms with Crippen molar-refractivity contribution in [2.75, 3.05) is 36.4 Å². The van der Waals surface area contributed by atoms with Crippen molar-refractivity contribution in [3.05, 3.63) is 47.6 Å². The predicted molar refractivity (Wildman–Crippen MR) is 99.5 cm³/mol. The van der Waals surface area contributed by atoms with Gasteiger partial charge in [-0.1, -0.05) is 17.7 Å². The number of piperazine rings is 1. The molecule has 1 aromatic heterocycles. The Morgan fingerprint density at radius 2 is 2.12 bits per heavy atom. The van der Waals surface area contributed by atoms with Crippen LogP contribution in [0.2, 0.25) is 5.02 Å². The number of halogens is 1. The van der Waals surface area contributed by atoms with Gasteiger partial charge in [-0.2, -0.15) is 0 Å². The molecule has 3 rings (SSSR count). The average Bonchev–Trinajstić information content (AvgIpc) is 2.63. The summed E-state index contributed by atoms with van der Waals surface area (Å²) >= 11 is 5.92. The molecule has 2 N–H and O–H groups in total. The third-order valence-corrected chi connectivity index (χ3v) is 4.19. The van der Waals surface area contributed by atoms with Crippen LogP contribution in [0, 0.1) is 0 Å². The number of hydrogen-bond acceptors (Lipinski definition) is 5. The lowest BCUT2D eigenvalue weighted by Gasteiger charge is -2.29. The Labute approximate surface area is 152 Å². The van der Waals surface area contributed by atoms with E-state index < -0.39 is 6.10 Å². The van der Waals surface area contributed by atoms with E-state index in [0.29, 0.717) is 16.6 Å². The highest BCUT2D eigenvalue weighted by Gasteiger charge is 2.16. The number of carbonyl (C=O) groups is 1. The van der Waals surface area contributed by atoms with Crippen molar-refractivity contribution in [3.63, 3.8) is 0 Å². The van der Waals surface area contributed by atoms with Gasteiger partial charge in [-0.05, 0) is 37.3 Å². The first kappa shape index (κ1) is 17.5. The first-order valence-electron chi connectivity index (χ1n) is 8.26. The van der Waals surface area contributed by atoms with Gasteiger partial charge in [0.05, 0.1) is 11.9 Å². The van der Waals surface area contributed by atoms with E-state index in [4.69, 9.17) is 16.3 Å². The molecule has 0 aliphatic carbocycles. The summed E-state index contributed by atoms with van der Waals surface area (Å²) in [7, 11) is 0. The zero-order chi connectivity index (χ0) is 17.6. The molecular formula is C18H21ClN4O2. The number of anilines is 2. The fourth-order valence-corrected chi connectivity index (χ4v) is 2.78. The number of rotatable bonds is 5. The molecule has 0 spiro atoms. The second-order valence-electron chi connectivity index (χ2n) is 5.85. The molecular weight excluding hydrogens is 340 g/mol. The summed E-state index contributed by atoms with van der Waals surface area (Å²) < 4.78 is 5.61. The van der Waals surface area contributed by atoms with Crippen LogP contribution >= 0.6 is 11.6 Å². The smallest absolute Gasteiger partial charge is 0.266 e. The third-order valence-electron chi connectivity index (χ3n) is 3.96. The number of amides is 1. The first-order chi connectivity index (χ1) is 12.1. The third kappa shape index (κ3) is 4.84. The van der Waals surface area contributed by atoms with Crippen LogP contribution in [0.3, 0.4) is 0 Å². The molecule has 1 aliphatic heterocycles. The fraction of sp³-hybridized carbons (Fsp3) is 0.333. The highest BCUT2D eigenvalue weighted by Crippen LogP contribution is 2.19. The van der Waals surface area contributed by atoms with Gasteiger partial charge in [-0.3, -0.25) is 4.79 Å². The summed E-state index contributed by atoms with van der Waals surface area (Å²) in [4.78, 5) is 18.9. The number of hydrogen-bond donors (Lipinski definition) is 2. The second-order valence-corrected chi connectivity index (χ2v) is 6.28. The van der Waals surface area contributed by atoms with Crippen molar-refractivity contribution >= 4 is 29.0 Å². The Hall–Kier alpha value is -2.31. The van der Waals surface area contributed by atoms with Crippen LogP contribution in [-0.2, 0) is 4.79 Å². The quantitative estimate of drug-likeness (QED) is 0.857. The van der Waals surface area contributed by atoms with Crippen molar-refractivity contribution in [2.45, 2.75) is 13.0 Å². The lowest BCUT2D eigenvalue weighted by atomic mass is 10.3. The number of nitrogens with one attached hydrogen (secondary N) is 2. The Kier molecular flexibility index (Phi) is 5.73. The molecule has 2 aromatic rings. The van der Waals surface area contributed by atoms with E-state index in [2.05, 4.69) is 20.5 Å². The average molecular weight is 361 g/mol. The zero-order valence-corrected chi connectivity index (χ0v) is 14.8. The van der Waals surface area contributed by atoms with Gasteiger partial charge in [0.1, 0.15) is 11.6 Å². The van der Waals surface area contributed by atoms with Crippen LogP contribution < -0.4 is 20.3 Å². The minimum absolute atomic E-state index is 0.262. The van der Waals surface area contributed by atoms with Gasteiger partial charge in [0, 0.05) is 31.2 Å². The van der Waals surface area contributed by atoms with Crippen molar-refractivity contribution < 1.29 is 9.53 Å². The maximum Gasteiger partial charge on any atom is 0.266 e. The van der Waals surface area contributed by atoms with Crippen molar-refractivity contribution in [2.24, 2.45) is 0 Å². The van der Waals surface area contributed by atoms with Crippen LogP contribution in [-0.4, -0.2) is 43.2 Å². The molecule has 25 heavy (non-hydrogen) atoms. The molecule has 0 saturated carbocycles. The summed E-state index contributed by atoms with van der Waals surface area (Å²) in [5, 5.41) is 6.65. The van der Waals surface area contributed by atoms with Crippen molar-refractivity contribution in [1.29, 1.82) is 0 Å². The number of nitrogens with zero attached hydrogens (tertiary/aromatic N) is 2. The fourth-order valence-electron chi connectivity index (χ4n) is 2.60. The van der Waals surface area contributed by atoms with Gasteiger partial charge < -0.3 is 20.3 Å². The molecule has 1 fully saturated rings. The van der Waals surface area contributed by atoms with Gasteiger partial charge in [0.25, 0.3) is 5.91 Å². The van der Waals surface area contributed by atoms with E-state index >= 15 is 0 Å². The van der Waals surface area contributed by atoms with E-state index in [1.54, 1.807) is 43.5 Å². The normalized spacial score (nSPS) is 15.5. The molecule has 0 bridgehead atoms. The van der Waals surface area contributed by atoms with E-state index in [-0.39, 0.29) is 5.91 Å². The molecule has 1 aliphatic rings. The van der Waals surface area contributed by atoms with Crippen molar-refractivity contribution in [1.82, 2.24) is 10.3 Å². The lowest BCUT2D eigenvalue weighted by Crippen LogP contribution is -2.43. The minimum atomic E-state index is -0.659. The molecule has 1 aromatic carbocycles. The van der Waals surface area contributed by atoms with Crippen LogP contribution in [0.4, 0.5) is 11.5 Å². The predicted octanol–water partition coefficient (Wildman–Crippen LogP) is 2.55. The highest BCUT2D eigenvalue weighted by molar-refractivity contribution is 6.30. The Morgan fingerprint density at radius 3 is 2.80 bits per heavy atom. The molecule has 6 nitrogen and oxygen atoms in total. The Balaban J connectivity index is 1.56. The van der Waals surface area contributed by atoms with Crippen LogP contribution in [0.25, 0.3) is 0 Å². The first-order valence-corrected chi connectivity index (χ1v) is 8.64. The maximum absolute atomic E-state index is 12.3. The molecule has 0 radical (unpaired) electrons. The molecule has 1 atom stereocenters. The van der Waals surface area contributed by atoms with E-state index in [0.717, 1.165) is 31.9 Å². The number of carbonyl (C=O) groups excluding carboxylic acids is 1. The van der Waals surface area contributed by atoms with Gasteiger partial charge in [0.15, 0.2) is 6.10 Å². The second kappa shape index (κ2) is 8.18. The molecule has 2 heterocycles. The highest BCUT2D eigenvalue weighted by atomic mass is 35.5. The number of ether oxygens (including phenoxy) is 1. The van der Waals surface area contributed by atoms with E-state index in [9.17, 15) is 4.79 Å². The van der Waals surface area contributed by atoms with Gasteiger partial charge >= 0.3 is 0 Å². The van der Waals surface area contributed by atoms with E-state index in [1.807, 2.05) is 6.07 Å². The van der Waals surface area contributed by atoms with Gasteiger partial charge in [0.2, 0.25) is 0 Å². The molecule has 132 valence electrons. The number of benzene rings is 1. The molecule has 1 saturated heterocycles. The number of pyridine rings is 1. The van der Waals surface area contributed by atoms with Gasteiger partial charge in [-0.15, -0.1) is 0 Å². The Bertz CT molecular complexity index is 717. The summed E-state index contributed by atoms with van der Waals surface area (Å²) in [5.74, 6) is 0.796. The summed E-state index contributed by atoms with van der Waals surface area (Å²) in [6, 6.07) is 10.7. The monoisotopic (exact) mass is 360 g/mol. The molecule has 7 heteroatoms. The maximum atomic E-state index is 12.3. The molecule has 1 unspecified atom stereocenters. The van der Waals surface area contributed by atoms with E-state index in [1.165, 1.54) is 0 Å². The SMILES string of the molecule is CC(Oc1cccc(Cl)c1)C(=O)Nc1ccc(N2CCNCC2)cn1. The summed E-state index contributed by atoms with van der Waals surface area (Å²) in [6.45, 7) is 5.54. The van der Waals surface area contributed by atoms with Crippen molar-refractivity contribution in [3.8, 4) is 5.75 Å². The Morgan fingerprint density at radius 1 is 1.32 bits per heavy atom. The van der Waals surface area contributed by atoms with Crippen LogP contribution in [0.5, 0.6) is 5.75 Å². The largest absolute Gasteiger partial charge is 0.481 e. The minimum Gasteiger partial charge on any atom is -0.481 e. The van der Waals surface area contributed by atoms with Crippen LogP contribution in [0.15, 0.2) is 42.6 Å². The zero-order valence-electron chi connectivity index (χ0n) is 14.0. The number of aromatic nitrogens is 1. The summed E-state index contributed by atoms with van der Waals surface area (Å²) in [5.41, 5.74) is 1.06. The van der Waals surface area contributed by atoms with Crippen LogP contribution in [0.1, 0.15) is 6.92 Å². The molecule has 1 amide bonds. The summed E-state index contributed by atoms with van der Waals surface area (Å²) in [6.07, 6.45) is 1.12. The van der Waals surface area contributed by atoms with Gasteiger partial charge in [-0.25, -0.2) is 4.98 Å².